The zero-order valence-corrected chi connectivity index (χ0v) is 18.3. The van der Waals surface area contributed by atoms with E-state index in [1.54, 1.807) is 44.3 Å². The number of carboxylic acids is 1. The number of rotatable bonds is 5. The third-order valence-corrected chi connectivity index (χ3v) is 5.95. The molecule has 0 spiro atoms. The highest BCUT2D eigenvalue weighted by atomic mass is 19.4. The first-order chi connectivity index (χ1) is 15.5. The first-order valence-electron chi connectivity index (χ1n) is 10.4. The molecule has 3 heterocycles. The van der Waals surface area contributed by atoms with Gasteiger partial charge in [0, 0.05) is 24.0 Å². The van der Waals surface area contributed by atoms with E-state index in [1.807, 2.05) is 0 Å². The zero-order chi connectivity index (χ0) is 24.1. The average molecular weight is 460 g/mol. The predicted octanol–water partition coefficient (Wildman–Crippen LogP) is 4.32. The molecule has 1 aliphatic heterocycles. The van der Waals surface area contributed by atoms with Crippen molar-refractivity contribution in [3.63, 3.8) is 0 Å². The molecule has 3 aromatic rings. The Kier molecular flexibility index (Phi) is 5.55. The molecule has 10 heteroatoms. The summed E-state index contributed by atoms with van der Waals surface area (Å²) in [7, 11) is 0. The fraction of sp³-hybridized carbons (Fsp3) is 0.348. The molecule has 1 fully saturated rings. The lowest BCUT2D eigenvalue weighted by Gasteiger charge is -2.43. The fourth-order valence-corrected chi connectivity index (χ4v) is 4.17. The second-order valence-corrected chi connectivity index (χ2v) is 8.29. The number of carbonyl (C=O) groups is 1. The van der Waals surface area contributed by atoms with Crippen LogP contribution in [0.1, 0.15) is 46.4 Å². The fourth-order valence-electron chi connectivity index (χ4n) is 4.17. The number of aromatic carboxylic acids is 1. The molecule has 1 aliphatic rings. The van der Waals surface area contributed by atoms with E-state index in [2.05, 4.69) is 10.3 Å². The predicted molar refractivity (Wildman–Crippen MR) is 118 cm³/mol. The second kappa shape index (κ2) is 8.09. The van der Waals surface area contributed by atoms with Gasteiger partial charge in [0.15, 0.2) is 0 Å². The summed E-state index contributed by atoms with van der Waals surface area (Å²) < 4.78 is 41.5. The SMILES string of the molecule is Cc1cc([C@@H](C)Nc2ccccc2C(=O)O)c2nc(N3CC[C@H]3C(F)(F)F)c(C)c(=O)n2c1. The van der Waals surface area contributed by atoms with E-state index in [9.17, 15) is 27.9 Å². The summed E-state index contributed by atoms with van der Waals surface area (Å²) in [6.07, 6.45) is -2.86. The van der Waals surface area contributed by atoms with Crippen LogP contribution < -0.4 is 15.8 Å². The minimum atomic E-state index is -4.41. The molecule has 7 nitrogen and oxygen atoms in total. The van der Waals surface area contributed by atoms with Crippen LogP contribution in [0.5, 0.6) is 0 Å². The molecular weight excluding hydrogens is 437 g/mol. The molecule has 0 aliphatic carbocycles. The van der Waals surface area contributed by atoms with Gasteiger partial charge in [-0.3, -0.25) is 9.20 Å². The normalized spacial score (nSPS) is 17.0. The third kappa shape index (κ3) is 4.01. The van der Waals surface area contributed by atoms with Gasteiger partial charge in [-0.2, -0.15) is 13.2 Å². The van der Waals surface area contributed by atoms with Gasteiger partial charge in [0.1, 0.15) is 17.5 Å². The summed E-state index contributed by atoms with van der Waals surface area (Å²) >= 11 is 0. The van der Waals surface area contributed by atoms with Gasteiger partial charge in [0.2, 0.25) is 0 Å². The number of carboxylic acid groups (broad SMARTS) is 1. The van der Waals surface area contributed by atoms with Crippen molar-refractivity contribution in [2.24, 2.45) is 0 Å². The largest absolute Gasteiger partial charge is 0.478 e. The van der Waals surface area contributed by atoms with Gasteiger partial charge >= 0.3 is 12.1 Å². The number of hydrogen-bond acceptors (Lipinski definition) is 5. The first kappa shape index (κ1) is 22.6. The lowest BCUT2D eigenvalue weighted by atomic mass is 10.0. The smallest absolute Gasteiger partial charge is 0.408 e. The molecule has 0 amide bonds. The topological polar surface area (TPSA) is 86.9 Å². The van der Waals surface area contributed by atoms with Crippen molar-refractivity contribution >= 4 is 23.1 Å². The van der Waals surface area contributed by atoms with E-state index in [-0.39, 0.29) is 35.6 Å². The summed E-state index contributed by atoms with van der Waals surface area (Å²) in [4.78, 5) is 30.3. The minimum Gasteiger partial charge on any atom is -0.478 e. The number of hydrogen-bond donors (Lipinski definition) is 2. The summed E-state index contributed by atoms with van der Waals surface area (Å²) in [6, 6.07) is 6.04. The van der Waals surface area contributed by atoms with E-state index in [1.165, 1.54) is 17.4 Å². The third-order valence-electron chi connectivity index (χ3n) is 5.95. The van der Waals surface area contributed by atoms with Gasteiger partial charge in [-0.05, 0) is 51.0 Å². The molecule has 0 unspecified atom stereocenters. The number of anilines is 2. The maximum Gasteiger partial charge on any atom is 0.408 e. The van der Waals surface area contributed by atoms with Crippen LogP contribution in [0.4, 0.5) is 24.7 Å². The molecule has 2 N–H and O–H groups in total. The van der Waals surface area contributed by atoms with Crippen LogP contribution in [0, 0.1) is 13.8 Å². The highest BCUT2D eigenvalue weighted by Gasteiger charge is 2.49. The van der Waals surface area contributed by atoms with Crippen LogP contribution in [0.25, 0.3) is 5.65 Å². The number of halogens is 3. The van der Waals surface area contributed by atoms with Crippen molar-refractivity contribution in [1.82, 2.24) is 9.38 Å². The number of para-hydroxylation sites is 1. The number of aromatic nitrogens is 2. The molecule has 0 bridgehead atoms. The quantitative estimate of drug-likeness (QED) is 0.590. The Morgan fingerprint density at radius 2 is 1.97 bits per heavy atom. The van der Waals surface area contributed by atoms with Crippen LogP contribution in [0.2, 0.25) is 0 Å². The summed E-state index contributed by atoms with van der Waals surface area (Å²) in [6.45, 7) is 5.22. The number of pyridine rings is 1. The molecule has 2 atom stereocenters. The highest BCUT2D eigenvalue weighted by Crippen LogP contribution is 2.37. The second-order valence-electron chi connectivity index (χ2n) is 8.29. The number of fused-ring (bicyclic) bond motifs is 1. The maximum atomic E-state index is 13.4. The number of nitrogens with one attached hydrogen (secondary N) is 1. The Labute approximate surface area is 187 Å². The number of nitrogens with zero attached hydrogens (tertiary/aromatic N) is 3. The van der Waals surface area contributed by atoms with Crippen LogP contribution in [-0.4, -0.2) is 39.2 Å². The van der Waals surface area contributed by atoms with Gasteiger partial charge in [-0.25, -0.2) is 9.78 Å². The lowest BCUT2D eigenvalue weighted by molar-refractivity contribution is -0.159. The summed E-state index contributed by atoms with van der Waals surface area (Å²) in [5.74, 6) is -1.07. The molecule has 2 aromatic heterocycles. The van der Waals surface area contributed by atoms with Crippen molar-refractivity contribution in [2.45, 2.75) is 45.5 Å². The number of alkyl halides is 3. The number of aryl methyl sites for hydroxylation is 1. The maximum absolute atomic E-state index is 13.4. The van der Waals surface area contributed by atoms with Crippen LogP contribution in [-0.2, 0) is 0 Å². The monoisotopic (exact) mass is 460 g/mol. The summed E-state index contributed by atoms with van der Waals surface area (Å²) in [5, 5.41) is 12.6. The van der Waals surface area contributed by atoms with Gasteiger partial charge in [-0.15, -0.1) is 0 Å². The van der Waals surface area contributed by atoms with Crippen molar-refractivity contribution < 1.29 is 23.1 Å². The Morgan fingerprint density at radius 1 is 1.27 bits per heavy atom. The Bertz CT molecular complexity index is 1300. The van der Waals surface area contributed by atoms with E-state index >= 15 is 0 Å². The molecule has 4 rings (SSSR count). The van der Waals surface area contributed by atoms with Gasteiger partial charge in [0.25, 0.3) is 5.56 Å². The van der Waals surface area contributed by atoms with E-state index < -0.39 is 29.8 Å². The molecule has 1 saturated heterocycles. The number of benzene rings is 1. The minimum absolute atomic E-state index is 0.0248. The molecule has 0 radical (unpaired) electrons. The Balaban J connectivity index is 1.83. The Hall–Kier alpha value is -3.56. The van der Waals surface area contributed by atoms with E-state index in [0.29, 0.717) is 11.3 Å². The molecular formula is C23H23F3N4O3. The average Bonchev–Trinajstić information content (AvgIpc) is 2.70. The zero-order valence-electron chi connectivity index (χ0n) is 18.3. The molecule has 174 valence electrons. The first-order valence-corrected chi connectivity index (χ1v) is 10.4. The van der Waals surface area contributed by atoms with Crippen molar-refractivity contribution in [3.8, 4) is 0 Å². The van der Waals surface area contributed by atoms with Crippen molar-refractivity contribution in [1.29, 1.82) is 0 Å². The van der Waals surface area contributed by atoms with Crippen molar-refractivity contribution in [2.75, 3.05) is 16.8 Å². The Morgan fingerprint density at radius 3 is 2.58 bits per heavy atom. The lowest BCUT2D eigenvalue weighted by Crippen LogP contribution is -2.57. The van der Waals surface area contributed by atoms with E-state index in [4.69, 9.17) is 0 Å². The van der Waals surface area contributed by atoms with Crippen molar-refractivity contribution in [3.05, 3.63) is 69.1 Å². The molecule has 33 heavy (non-hydrogen) atoms. The standard InChI is InChI=1S/C23H23F3N4O3/c1-12-10-16(14(3)27-17-7-5-4-6-15(17)22(32)33)20-28-19(13(2)21(31)30(20)11-12)29-9-8-18(29)23(24,25)26/h4-7,10-11,14,18,27H,8-9H2,1-3H3,(H,32,33)/t14-,18+/m1/s1. The van der Waals surface area contributed by atoms with Crippen LogP contribution >= 0.6 is 0 Å². The van der Waals surface area contributed by atoms with Gasteiger partial charge in [0.05, 0.1) is 17.2 Å². The highest BCUT2D eigenvalue weighted by molar-refractivity contribution is 5.94. The molecule has 1 aromatic carbocycles. The van der Waals surface area contributed by atoms with Crippen LogP contribution in [0.3, 0.4) is 0 Å². The van der Waals surface area contributed by atoms with Gasteiger partial charge < -0.3 is 15.3 Å². The van der Waals surface area contributed by atoms with E-state index in [0.717, 1.165) is 10.5 Å². The summed E-state index contributed by atoms with van der Waals surface area (Å²) in [5.41, 5.74) is 1.72. The van der Waals surface area contributed by atoms with Crippen LogP contribution in [0.15, 0.2) is 41.3 Å². The molecule has 0 saturated carbocycles. The van der Waals surface area contributed by atoms with Gasteiger partial charge in [-0.1, -0.05) is 12.1 Å².